The van der Waals surface area contributed by atoms with Crippen LogP contribution in [-0.2, 0) is 6.42 Å². The molecule has 11 rings (SSSR count). The summed E-state index contributed by atoms with van der Waals surface area (Å²) in [6.07, 6.45) is 29.2. The van der Waals surface area contributed by atoms with E-state index in [2.05, 4.69) is 179 Å². The van der Waals surface area contributed by atoms with Gasteiger partial charge in [0.05, 0.1) is 27.9 Å². The van der Waals surface area contributed by atoms with Crippen molar-refractivity contribution in [3.05, 3.63) is 181 Å². The van der Waals surface area contributed by atoms with Crippen LogP contribution in [0.1, 0.15) is 43.4 Å². The molecule has 0 saturated carbocycles. The van der Waals surface area contributed by atoms with E-state index in [1.807, 2.05) is 0 Å². The minimum atomic E-state index is 0.511. The van der Waals surface area contributed by atoms with E-state index >= 15 is 0 Å². The number of aromatic nitrogens is 3. The van der Waals surface area contributed by atoms with Crippen LogP contribution in [0.4, 0.5) is 0 Å². The summed E-state index contributed by atoms with van der Waals surface area (Å²) < 4.78 is 4.82. The second-order valence-corrected chi connectivity index (χ2v) is 15.5. The maximum Gasteiger partial charge on any atom is 0.138 e. The molecule has 0 amide bonds. The third kappa shape index (κ3) is 5.51. The van der Waals surface area contributed by atoms with Gasteiger partial charge in [-0.25, -0.2) is 9.98 Å². The van der Waals surface area contributed by atoms with Gasteiger partial charge in [-0.05, 0) is 121 Å². The van der Waals surface area contributed by atoms with Gasteiger partial charge in [0.2, 0.25) is 0 Å². The Labute approximate surface area is 327 Å². The zero-order valence-electron chi connectivity index (χ0n) is 31.4. The number of rotatable bonds is 6. The molecule has 0 N–H and O–H groups in total. The molecule has 270 valence electrons. The molecule has 56 heavy (non-hydrogen) atoms. The predicted molar refractivity (Wildman–Crippen MR) is 235 cm³/mol. The van der Waals surface area contributed by atoms with Crippen molar-refractivity contribution in [2.75, 3.05) is 0 Å². The van der Waals surface area contributed by atoms with Gasteiger partial charge >= 0.3 is 0 Å². The van der Waals surface area contributed by atoms with E-state index in [0.717, 1.165) is 66.9 Å². The minimum Gasteiger partial charge on any atom is -0.294 e. The van der Waals surface area contributed by atoms with E-state index in [0.29, 0.717) is 11.8 Å². The van der Waals surface area contributed by atoms with E-state index in [-0.39, 0.29) is 0 Å². The molecule has 4 aliphatic rings. The highest BCUT2D eigenvalue weighted by atomic mass is 15.1. The Kier molecular flexibility index (Phi) is 8.01. The number of fused-ring (bicyclic) bond motifs is 7. The molecule has 2 unspecified atom stereocenters. The van der Waals surface area contributed by atoms with Gasteiger partial charge in [0.1, 0.15) is 11.6 Å². The number of benzene rings is 4. The molecule has 2 atom stereocenters. The summed E-state index contributed by atoms with van der Waals surface area (Å²) in [5.41, 5.74) is 13.3. The molecular formula is C52H42N4. The molecule has 4 aromatic carbocycles. The molecule has 3 aliphatic carbocycles. The van der Waals surface area contributed by atoms with E-state index in [1.54, 1.807) is 0 Å². The fourth-order valence-corrected chi connectivity index (χ4v) is 9.56. The Morgan fingerprint density at radius 1 is 0.607 bits per heavy atom. The number of para-hydroxylation sites is 1. The van der Waals surface area contributed by atoms with E-state index in [4.69, 9.17) is 9.98 Å². The van der Waals surface area contributed by atoms with E-state index in [9.17, 15) is 0 Å². The average Bonchev–Trinajstić information content (AvgIpc) is 3.80. The molecule has 0 bridgehead atoms. The third-order valence-electron chi connectivity index (χ3n) is 12.2. The molecule has 7 aromatic rings. The topological polar surface area (TPSA) is 35.1 Å². The molecule has 1 aliphatic heterocycles. The summed E-state index contributed by atoms with van der Waals surface area (Å²) in [7, 11) is 0. The van der Waals surface area contributed by atoms with Crippen molar-refractivity contribution in [3.63, 3.8) is 0 Å². The largest absolute Gasteiger partial charge is 0.294 e. The van der Waals surface area contributed by atoms with Crippen molar-refractivity contribution in [3.8, 4) is 28.2 Å². The molecule has 0 radical (unpaired) electrons. The highest BCUT2D eigenvalue weighted by Gasteiger charge is 2.27. The second-order valence-electron chi connectivity index (χ2n) is 15.5. The molecule has 4 heteroatoms. The van der Waals surface area contributed by atoms with Crippen LogP contribution in [0.3, 0.4) is 0 Å². The van der Waals surface area contributed by atoms with Crippen molar-refractivity contribution in [1.29, 1.82) is 0 Å². The SMILES string of the molecule is C1=CCC(C2C=CC=C(C3=NC(n4c5c(c6c7c8ccccc8n(-c8cccc(-c9cccc(-c%10ccccc%10)c9)n8)c7ccc64)CCC=C5)=CCC3)C2)C=C1. The molecule has 0 saturated heterocycles. The summed E-state index contributed by atoms with van der Waals surface area (Å²) in [4.78, 5) is 10.9. The van der Waals surface area contributed by atoms with Crippen LogP contribution in [0, 0.1) is 11.8 Å². The number of hydrogen-bond donors (Lipinski definition) is 0. The summed E-state index contributed by atoms with van der Waals surface area (Å²) in [6.45, 7) is 0. The van der Waals surface area contributed by atoms with Gasteiger partial charge in [-0.1, -0.05) is 121 Å². The van der Waals surface area contributed by atoms with Gasteiger partial charge in [0.25, 0.3) is 0 Å². The van der Waals surface area contributed by atoms with Crippen LogP contribution in [0.15, 0.2) is 174 Å². The van der Waals surface area contributed by atoms with E-state index in [1.165, 1.54) is 60.9 Å². The van der Waals surface area contributed by atoms with Gasteiger partial charge in [0, 0.05) is 27.4 Å². The zero-order chi connectivity index (χ0) is 37.0. The van der Waals surface area contributed by atoms with Crippen molar-refractivity contribution >= 4 is 50.3 Å². The van der Waals surface area contributed by atoms with Crippen LogP contribution < -0.4 is 0 Å². The highest BCUT2D eigenvalue weighted by molar-refractivity contribution is 6.23. The van der Waals surface area contributed by atoms with Gasteiger partial charge in [-0.3, -0.25) is 9.13 Å². The molecule has 3 aromatic heterocycles. The Balaban J connectivity index is 1.04. The molecular weight excluding hydrogens is 681 g/mol. The Bertz CT molecular complexity index is 2920. The Morgan fingerprint density at radius 3 is 2.34 bits per heavy atom. The number of nitrogens with zero attached hydrogens (tertiary/aromatic N) is 4. The first-order chi connectivity index (χ1) is 27.8. The van der Waals surface area contributed by atoms with Crippen LogP contribution in [-0.4, -0.2) is 19.8 Å². The lowest BCUT2D eigenvalue weighted by Gasteiger charge is -2.27. The van der Waals surface area contributed by atoms with Gasteiger partial charge < -0.3 is 0 Å². The van der Waals surface area contributed by atoms with Crippen molar-refractivity contribution in [2.45, 2.75) is 38.5 Å². The van der Waals surface area contributed by atoms with Crippen LogP contribution >= 0.6 is 0 Å². The lowest BCUT2D eigenvalue weighted by molar-refractivity contribution is 0.473. The Hall–Kier alpha value is -6.52. The minimum absolute atomic E-state index is 0.511. The highest BCUT2D eigenvalue weighted by Crippen LogP contribution is 2.44. The number of aliphatic imine (C=N–C) groups is 1. The maximum absolute atomic E-state index is 5.50. The Morgan fingerprint density at radius 2 is 1.43 bits per heavy atom. The maximum atomic E-state index is 5.50. The quantitative estimate of drug-likeness (QED) is 0.168. The van der Waals surface area contributed by atoms with Crippen LogP contribution in [0.25, 0.3) is 72.8 Å². The zero-order valence-corrected chi connectivity index (χ0v) is 31.4. The van der Waals surface area contributed by atoms with Crippen molar-refractivity contribution in [2.24, 2.45) is 16.8 Å². The monoisotopic (exact) mass is 722 g/mol. The van der Waals surface area contributed by atoms with Crippen molar-refractivity contribution in [1.82, 2.24) is 14.1 Å². The number of allylic oxidation sites excluding steroid dienone is 10. The van der Waals surface area contributed by atoms with Crippen LogP contribution in [0.2, 0.25) is 0 Å². The first-order valence-electron chi connectivity index (χ1n) is 20.2. The summed E-state index contributed by atoms with van der Waals surface area (Å²) in [5.74, 6) is 3.03. The molecule has 0 spiro atoms. The molecule has 4 nitrogen and oxygen atoms in total. The average molecular weight is 723 g/mol. The molecule has 0 fully saturated rings. The summed E-state index contributed by atoms with van der Waals surface area (Å²) in [6, 6.07) is 39.2. The normalized spacial score (nSPS) is 19.0. The standard InChI is InChI=1S/C52H42N4/c1-3-15-35(16-4-1)37-19-11-21-39(33-37)43-25-13-29-49(53-43)55-45-27-9-7-23-41(45)51-47(55)31-32-48-52(51)42-24-8-10-28-46(42)56(48)50-30-14-26-44(54-50)40-22-12-20-38(34-40)36-17-5-2-6-18-36/h1-7,9-13,15-17,19-23,25,27-33,36,38H,8,14,18,24,26,34H2. The van der Waals surface area contributed by atoms with Crippen LogP contribution in [0.5, 0.6) is 0 Å². The number of pyridine rings is 1. The van der Waals surface area contributed by atoms with Gasteiger partial charge in [-0.15, -0.1) is 0 Å². The first-order valence-corrected chi connectivity index (χ1v) is 20.2. The molecule has 4 heterocycles. The van der Waals surface area contributed by atoms with E-state index < -0.39 is 0 Å². The third-order valence-corrected chi connectivity index (χ3v) is 12.2. The fourth-order valence-electron chi connectivity index (χ4n) is 9.56. The second kappa shape index (κ2) is 13.6. The number of aryl methyl sites for hydroxylation is 1. The lowest BCUT2D eigenvalue weighted by atomic mass is 9.79. The van der Waals surface area contributed by atoms with Gasteiger partial charge in [0.15, 0.2) is 0 Å². The summed E-state index contributed by atoms with van der Waals surface area (Å²) >= 11 is 0. The number of hydrogen-bond acceptors (Lipinski definition) is 2. The predicted octanol–water partition coefficient (Wildman–Crippen LogP) is 13.1. The first kappa shape index (κ1) is 32.9. The van der Waals surface area contributed by atoms with Gasteiger partial charge in [-0.2, -0.15) is 0 Å². The summed E-state index contributed by atoms with van der Waals surface area (Å²) in [5, 5.41) is 3.88. The smallest absolute Gasteiger partial charge is 0.138 e. The van der Waals surface area contributed by atoms with Crippen molar-refractivity contribution < 1.29 is 0 Å². The lowest BCUT2D eigenvalue weighted by Crippen LogP contribution is -2.18. The fraction of sp³-hybridized carbons (Fsp3) is 0.154.